The van der Waals surface area contributed by atoms with Crippen LogP contribution in [0.25, 0.3) is 16.7 Å². The topological polar surface area (TPSA) is 84.0 Å². The minimum absolute atomic E-state index is 0.122. The maximum absolute atomic E-state index is 13.7. The van der Waals surface area contributed by atoms with Gasteiger partial charge in [0, 0.05) is 73.0 Å². The van der Waals surface area contributed by atoms with E-state index in [0.29, 0.717) is 36.7 Å². The Morgan fingerprint density at radius 1 is 1.18 bits per heavy atom. The van der Waals surface area contributed by atoms with Gasteiger partial charge in [-0.2, -0.15) is 23.3 Å². The predicted octanol–water partition coefficient (Wildman–Crippen LogP) is 3.71. The van der Waals surface area contributed by atoms with Gasteiger partial charge in [-0.25, -0.2) is 9.67 Å². The van der Waals surface area contributed by atoms with E-state index in [-0.39, 0.29) is 23.1 Å². The molecule has 4 aromatic rings. The van der Waals surface area contributed by atoms with E-state index in [2.05, 4.69) is 25.3 Å². The van der Waals surface area contributed by atoms with E-state index in [0.717, 1.165) is 11.3 Å². The molecule has 3 aromatic heterocycles. The molecule has 0 atom stereocenters. The van der Waals surface area contributed by atoms with Gasteiger partial charge in [0.25, 0.3) is 0 Å². The maximum Gasteiger partial charge on any atom is 0.418 e. The molecule has 2 N–H and O–H groups in total. The Morgan fingerprint density at radius 2 is 1.94 bits per heavy atom. The highest BCUT2D eigenvalue weighted by Crippen LogP contribution is 2.39. The molecule has 34 heavy (non-hydrogen) atoms. The molecule has 0 aliphatic carbocycles. The van der Waals surface area contributed by atoms with Crippen LogP contribution in [-0.2, 0) is 19.8 Å². The van der Waals surface area contributed by atoms with Crippen LogP contribution in [0.3, 0.4) is 0 Å². The lowest BCUT2D eigenvalue weighted by atomic mass is 10.1. The number of anilines is 2. The maximum atomic E-state index is 13.7. The van der Waals surface area contributed by atoms with Gasteiger partial charge in [-0.3, -0.25) is 4.90 Å². The molecular weight excluding hydrogens is 447 g/mol. The van der Waals surface area contributed by atoms with Gasteiger partial charge in [0.15, 0.2) is 5.82 Å². The van der Waals surface area contributed by atoms with Crippen LogP contribution in [-0.4, -0.2) is 53.5 Å². The van der Waals surface area contributed by atoms with E-state index in [1.807, 2.05) is 13.1 Å². The molecule has 0 unspecified atom stereocenters. The summed E-state index contributed by atoms with van der Waals surface area (Å²) in [6.45, 7) is 5.36. The Morgan fingerprint density at radius 3 is 2.65 bits per heavy atom. The highest BCUT2D eigenvalue weighted by atomic mass is 19.4. The van der Waals surface area contributed by atoms with E-state index in [1.165, 1.54) is 17.6 Å². The molecule has 4 heterocycles. The number of halogens is 3. The van der Waals surface area contributed by atoms with E-state index in [4.69, 9.17) is 0 Å². The number of fused-ring (bicyclic) bond motifs is 1. The van der Waals surface area contributed by atoms with Crippen molar-refractivity contribution >= 4 is 22.5 Å². The van der Waals surface area contributed by atoms with E-state index in [1.54, 1.807) is 36.1 Å². The van der Waals surface area contributed by atoms with Crippen molar-refractivity contribution in [2.24, 2.45) is 7.05 Å². The van der Waals surface area contributed by atoms with Gasteiger partial charge in [0.2, 0.25) is 5.95 Å². The fourth-order valence-electron chi connectivity index (χ4n) is 4.35. The Hall–Kier alpha value is -3.44. The van der Waals surface area contributed by atoms with Gasteiger partial charge in [-0.1, -0.05) is 0 Å². The summed E-state index contributed by atoms with van der Waals surface area (Å²) in [6.07, 6.45) is -1.26. The van der Waals surface area contributed by atoms with E-state index >= 15 is 0 Å². The van der Waals surface area contributed by atoms with Crippen molar-refractivity contribution in [2.75, 3.05) is 18.4 Å². The summed E-state index contributed by atoms with van der Waals surface area (Å²) in [4.78, 5) is 10.8. The Labute approximate surface area is 193 Å². The fraction of sp³-hybridized carbons (Fsp3) is 0.348. The summed E-state index contributed by atoms with van der Waals surface area (Å²) in [5, 5.41) is 17.2. The lowest BCUT2D eigenvalue weighted by Crippen LogP contribution is -2.49. The van der Waals surface area contributed by atoms with Crippen LogP contribution in [0.15, 0.2) is 36.7 Å². The van der Waals surface area contributed by atoms with Crippen molar-refractivity contribution in [2.45, 2.75) is 32.7 Å². The van der Waals surface area contributed by atoms with Gasteiger partial charge >= 0.3 is 6.18 Å². The van der Waals surface area contributed by atoms with E-state index in [9.17, 15) is 18.3 Å². The lowest BCUT2D eigenvalue weighted by Gasteiger charge is -2.35. The summed E-state index contributed by atoms with van der Waals surface area (Å²) in [5.41, 5.74) is 2.37. The third-order valence-electron chi connectivity index (χ3n) is 6.24. The second kappa shape index (κ2) is 8.10. The standard InChI is InChI=1S/C23H24F3N7O/c1-13-15(9-32-11-17(34)12-32)10-33(30-13)20-6-7-27-22(29-20)28-16-4-5-19-18(8-16)21(23(24,25)26)14(2)31(19)3/h4-8,10,17,34H,9,11-12H2,1-3H3,(H,27,28,29). The molecule has 0 bridgehead atoms. The number of hydrogen-bond acceptors (Lipinski definition) is 6. The van der Waals surface area contributed by atoms with Crippen molar-refractivity contribution in [3.63, 3.8) is 0 Å². The second-order valence-electron chi connectivity index (χ2n) is 8.64. The number of likely N-dealkylation sites (tertiary alicyclic amines) is 1. The monoisotopic (exact) mass is 471 g/mol. The third-order valence-corrected chi connectivity index (χ3v) is 6.24. The molecule has 1 aliphatic heterocycles. The van der Waals surface area contributed by atoms with Crippen molar-refractivity contribution in [3.05, 3.63) is 59.2 Å². The molecule has 8 nitrogen and oxygen atoms in total. The molecule has 5 rings (SSSR count). The zero-order chi connectivity index (χ0) is 24.2. The number of aliphatic hydroxyl groups is 1. The van der Waals surface area contributed by atoms with Gasteiger partial charge in [-0.15, -0.1) is 0 Å². The van der Waals surface area contributed by atoms with Crippen LogP contribution in [0.1, 0.15) is 22.5 Å². The van der Waals surface area contributed by atoms with Gasteiger partial charge in [0.1, 0.15) is 0 Å². The summed E-state index contributed by atoms with van der Waals surface area (Å²) < 4.78 is 44.2. The van der Waals surface area contributed by atoms with Crippen LogP contribution in [0.2, 0.25) is 0 Å². The number of aliphatic hydroxyl groups excluding tert-OH is 1. The molecule has 11 heteroatoms. The normalized spacial score (nSPS) is 15.1. The number of rotatable bonds is 5. The van der Waals surface area contributed by atoms with Crippen molar-refractivity contribution < 1.29 is 18.3 Å². The molecule has 0 spiro atoms. The van der Waals surface area contributed by atoms with Crippen LogP contribution in [0.4, 0.5) is 24.8 Å². The first-order chi connectivity index (χ1) is 16.1. The highest BCUT2D eigenvalue weighted by molar-refractivity contribution is 5.89. The summed E-state index contributed by atoms with van der Waals surface area (Å²) >= 11 is 0. The molecule has 0 radical (unpaired) electrons. The largest absolute Gasteiger partial charge is 0.418 e. The predicted molar refractivity (Wildman–Crippen MR) is 121 cm³/mol. The quantitative estimate of drug-likeness (QED) is 0.462. The van der Waals surface area contributed by atoms with E-state index < -0.39 is 11.7 Å². The van der Waals surface area contributed by atoms with Gasteiger partial charge in [0.05, 0.1) is 17.4 Å². The van der Waals surface area contributed by atoms with Crippen molar-refractivity contribution in [1.82, 2.24) is 29.2 Å². The fourth-order valence-corrected chi connectivity index (χ4v) is 4.35. The Balaban J connectivity index is 1.41. The van der Waals surface area contributed by atoms with Crippen LogP contribution in [0.5, 0.6) is 0 Å². The summed E-state index contributed by atoms with van der Waals surface area (Å²) in [5.74, 6) is 0.779. The zero-order valence-corrected chi connectivity index (χ0v) is 18.9. The number of benzene rings is 1. The average molecular weight is 471 g/mol. The van der Waals surface area contributed by atoms with Crippen LogP contribution >= 0.6 is 0 Å². The second-order valence-corrected chi connectivity index (χ2v) is 8.64. The number of aromatic nitrogens is 5. The number of aryl methyl sites for hydroxylation is 2. The number of hydrogen-bond donors (Lipinski definition) is 2. The number of alkyl halides is 3. The first-order valence-electron chi connectivity index (χ1n) is 10.8. The van der Waals surface area contributed by atoms with Gasteiger partial charge < -0.3 is 15.0 Å². The number of β-amino-alcohol motifs (C(OH)–C–C–N with tert-alkyl or cyclic N) is 1. The molecule has 1 saturated heterocycles. The van der Waals surface area contributed by atoms with Crippen LogP contribution in [0, 0.1) is 13.8 Å². The van der Waals surface area contributed by atoms with Crippen molar-refractivity contribution in [3.8, 4) is 5.82 Å². The van der Waals surface area contributed by atoms with Crippen LogP contribution < -0.4 is 5.32 Å². The minimum atomic E-state index is -4.46. The Kier molecular flexibility index (Phi) is 5.33. The Bertz CT molecular complexity index is 1370. The average Bonchev–Trinajstić information content (AvgIpc) is 3.24. The highest BCUT2D eigenvalue weighted by Gasteiger charge is 2.36. The number of nitrogens with one attached hydrogen (secondary N) is 1. The first kappa shape index (κ1) is 22.4. The molecular formula is C23H24F3N7O. The lowest BCUT2D eigenvalue weighted by molar-refractivity contribution is -0.136. The first-order valence-corrected chi connectivity index (χ1v) is 10.8. The zero-order valence-electron chi connectivity index (χ0n) is 18.9. The molecule has 1 aromatic carbocycles. The smallest absolute Gasteiger partial charge is 0.390 e. The van der Waals surface area contributed by atoms with Gasteiger partial charge in [-0.05, 0) is 32.0 Å². The molecule has 178 valence electrons. The summed E-state index contributed by atoms with van der Waals surface area (Å²) in [7, 11) is 1.62. The number of nitrogens with zero attached hydrogens (tertiary/aromatic N) is 6. The molecule has 0 amide bonds. The molecule has 1 fully saturated rings. The molecule has 0 saturated carbocycles. The third kappa shape index (κ3) is 4.01. The minimum Gasteiger partial charge on any atom is -0.390 e. The van der Waals surface area contributed by atoms with Crippen molar-refractivity contribution in [1.29, 1.82) is 0 Å². The molecule has 1 aliphatic rings. The SMILES string of the molecule is Cc1nn(-c2ccnc(Nc3ccc4c(c3)c(C(F)(F)F)c(C)n4C)n2)cc1CN1CC(O)C1. The summed E-state index contributed by atoms with van der Waals surface area (Å²) in [6, 6.07) is 6.54.